The fraction of sp³-hybridized carbons (Fsp3) is 0.889. The molecule has 1 aliphatic heterocycles. The van der Waals surface area contributed by atoms with Crippen molar-refractivity contribution in [3.8, 4) is 0 Å². The molecule has 0 bridgehead atoms. The molecule has 0 saturated carbocycles. The van der Waals surface area contributed by atoms with E-state index in [0.29, 0.717) is 18.7 Å². The molecule has 4 heteroatoms. The van der Waals surface area contributed by atoms with E-state index in [-0.39, 0.29) is 6.09 Å². The van der Waals surface area contributed by atoms with Crippen molar-refractivity contribution in [2.45, 2.75) is 32.9 Å². The largest absolute Gasteiger partial charge is 0.450 e. The first-order chi connectivity index (χ1) is 6.13. The second-order valence-electron chi connectivity index (χ2n) is 3.57. The van der Waals surface area contributed by atoms with E-state index in [1.54, 1.807) is 4.90 Å². The van der Waals surface area contributed by atoms with E-state index in [1.165, 1.54) is 0 Å². The van der Waals surface area contributed by atoms with E-state index in [4.69, 9.17) is 4.74 Å². The summed E-state index contributed by atoms with van der Waals surface area (Å²) in [6, 6.07) is 0.710. The number of hydrogen-bond acceptors (Lipinski definition) is 3. The first-order valence-electron chi connectivity index (χ1n) is 4.81. The van der Waals surface area contributed by atoms with Crippen LogP contribution in [0.1, 0.15) is 20.8 Å². The van der Waals surface area contributed by atoms with E-state index in [0.717, 1.165) is 13.1 Å². The Hall–Kier alpha value is -0.770. The predicted octanol–water partition coefficient (Wildman–Crippen LogP) is 0.825. The predicted molar refractivity (Wildman–Crippen MR) is 50.7 cm³/mol. The van der Waals surface area contributed by atoms with Crippen molar-refractivity contribution in [3.05, 3.63) is 0 Å². The number of carbonyl (C=O) groups excluding carboxylic acids is 1. The fourth-order valence-electron chi connectivity index (χ4n) is 1.69. The maximum absolute atomic E-state index is 11.4. The van der Waals surface area contributed by atoms with Crippen molar-refractivity contribution in [2.24, 2.45) is 0 Å². The molecule has 0 spiro atoms. The van der Waals surface area contributed by atoms with Crippen molar-refractivity contribution >= 4 is 6.09 Å². The highest BCUT2D eigenvalue weighted by molar-refractivity contribution is 5.67. The normalized spacial score (nSPS) is 28.7. The van der Waals surface area contributed by atoms with Crippen LogP contribution in [0.5, 0.6) is 0 Å². The molecule has 0 aliphatic carbocycles. The van der Waals surface area contributed by atoms with E-state index < -0.39 is 0 Å². The van der Waals surface area contributed by atoms with Gasteiger partial charge in [-0.05, 0) is 20.8 Å². The van der Waals surface area contributed by atoms with Crippen LogP contribution in [-0.2, 0) is 4.74 Å². The smallest absolute Gasteiger partial charge is 0.409 e. The molecule has 13 heavy (non-hydrogen) atoms. The molecule has 1 fully saturated rings. The fourth-order valence-corrected chi connectivity index (χ4v) is 1.69. The van der Waals surface area contributed by atoms with Crippen LogP contribution in [0.2, 0.25) is 0 Å². The van der Waals surface area contributed by atoms with Crippen molar-refractivity contribution in [1.29, 1.82) is 0 Å². The van der Waals surface area contributed by atoms with Crippen LogP contribution in [0.4, 0.5) is 4.79 Å². The van der Waals surface area contributed by atoms with Gasteiger partial charge in [0, 0.05) is 25.2 Å². The highest BCUT2D eigenvalue weighted by Gasteiger charge is 2.25. The maximum Gasteiger partial charge on any atom is 0.409 e. The summed E-state index contributed by atoms with van der Waals surface area (Å²) < 4.78 is 4.94. The third kappa shape index (κ3) is 2.88. The Labute approximate surface area is 79.2 Å². The van der Waals surface area contributed by atoms with Crippen LogP contribution in [-0.4, -0.2) is 42.8 Å². The van der Waals surface area contributed by atoms with Crippen LogP contribution in [0.25, 0.3) is 0 Å². The summed E-state index contributed by atoms with van der Waals surface area (Å²) in [5.74, 6) is 0. The molecule has 0 aromatic carbocycles. The highest BCUT2D eigenvalue weighted by Crippen LogP contribution is 2.05. The van der Waals surface area contributed by atoms with Crippen LogP contribution >= 0.6 is 0 Å². The number of nitrogens with one attached hydrogen (secondary N) is 1. The molecule has 0 radical (unpaired) electrons. The van der Waals surface area contributed by atoms with Gasteiger partial charge < -0.3 is 15.0 Å². The molecule has 0 aromatic rings. The number of nitrogens with zero attached hydrogens (tertiary/aromatic N) is 1. The molecular weight excluding hydrogens is 168 g/mol. The van der Waals surface area contributed by atoms with Crippen molar-refractivity contribution in [1.82, 2.24) is 10.2 Å². The highest BCUT2D eigenvalue weighted by atomic mass is 16.6. The minimum atomic E-state index is -0.192. The molecule has 1 aliphatic rings. The van der Waals surface area contributed by atoms with Gasteiger partial charge in [0.2, 0.25) is 0 Å². The molecule has 1 heterocycles. The van der Waals surface area contributed by atoms with E-state index >= 15 is 0 Å². The lowest BCUT2D eigenvalue weighted by Gasteiger charge is -2.35. The Morgan fingerprint density at radius 1 is 1.46 bits per heavy atom. The quantitative estimate of drug-likeness (QED) is 0.659. The van der Waals surface area contributed by atoms with E-state index in [2.05, 4.69) is 19.2 Å². The zero-order valence-corrected chi connectivity index (χ0v) is 8.54. The first-order valence-corrected chi connectivity index (χ1v) is 4.81. The lowest BCUT2D eigenvalue weighted by Crippen LogP contribution is -2.55. The summed E-state index contributed by atoms with van der Waals surface area (Å²) in [4.78, 5) is 13.1. The minimum absolute atomic E-state index is 0.192. The zero-order chi connectivity index (χ0) is 9.84. The van der Waals surface area contributed by atoms with Gasteiger partial charge in [-0.1, -0.05) is 0 Å². The van der Waals surface area contributed by atoms with Crippen LogP contribution in [0.3, 0.4) is 0 Å². The first kappa shape index (κ1) is 10.3. The van der Waals surface area contributed by atoms with Crippen molar-refractivity contribution in [3.63, 3.8) is 0 Å². The Morgan fingerprint density at radius 3 is 2.46 bits per heavy atom. The molecule has 1 rings (SSSR count). The molecular formula is C9H18N2O2. The minimum Gasteiger partial charge on any atom is -0.450 e. The number of piperazine rings is 1. The molecule has 1 saturated heterocycles. The second-order valence-corrected chi connectivity index (χ2v) is 3.57. The van der Waals surface area contributed by atoms with Gasteiger partial charge in [-0.25, -0.2) is 4.79 Å². The van der Waals surface area contributed by atoms with Gasteiger partial charge in [0.15, 0.2) is 0 Å². The van der Waals surface area contributed by atoms with Crippen LogP contribution in [0.15, 0.2) is 0 Å². The topological polar surface area (TPSA) is 41.6 Å². The summed E-state index contributed by atoms with van der Waals surface area (Å²) in [5, 5.41) is 3.36. The van der Waals surface area contributed by atoms with Gasteiger partial charge in [0.1, 0.15) is 0 Å². The van der Waals surface area contributed by atoms with Gasteiger partial charge in [-0.15, -0.1) is 0 Å². The molecule has 2 atom stereocenters. The van der Waals surface area contributed by atoms with Crippen LogP contribution in [0, 0.1) is 0 Å². The zero-order valence-electron chi connectivity index (χ0n) is 8.54. The number of ether oxygens (including phenoxy) is 1. The summed E-state index contributed by atoms with van der Waals surface area (Å²) in [6.45, 7) is 7.90. The molecule has 0 aromatic heterocycles. The third-order valence-corrected chi connectivity index (χ3v) is 2.08. The lowest BCUT2D eigenvalue weighted by molar-refractivity contribution is 0.0884. The van der Waals surface area contributed by atoms with Gasteiger partial charge in [0.05, 0.1) is 6.61 Å². The number of rotatable bonds is 1. The average molecular weight is 186 g/mol. The Morgan fingerprint density at radius 2 is 2.00 bits per heavy atom. The summed E-state index contributed by atoms with van der Waals surface area (Å²) >= 11 is 0. The number of hydrogen-bond donors (Lipinski definition) is 1. The molecule has 1 amide bonds. The molecule has 76 valence electrons. The van der Waals surface area contributed by atoms with Crippen LogP contribution < -0.4 is 5.32 Å². The van der Waals surface area contributed by atoms with Gasteiger partial charge in [0.25, 0.3) is 0 Å². The van der Waals surface area contributed by atoms with E-state index in [1.807, 2.05) is 6.92 Å². The van der Waals surface area contributed by atoms with E-state index in [9.17, 15) is 4.79 Å². The number of carbonyl (C=O) groups is 1. The lowest BCUT2D eigenvalue weighted by atomic mass is 10.2. The third-order valence-electron chi connectivity index (χ3n) is 2.08. The van der Waals surface area contributed by atoms with Gasteiger partial charge >= 0.3 is 6.09 Å². The Kier molecular flexibility index (Phi) is 3.54. The Bertz CT molecular complexity index is 174. The summed E-state index contributed by atoms with van der Waals surface area (Å²) in [7, 11) is 0. The van der Waals surface area contributed by atoms with Gasteiger partial charge in [-0.3, -0.25) is 0 Å². The monoisotopic (exact) mass is 186 g/mol. The number of amides is 1. The van der Waals surface area contributed by atoms with Crippen molar-refractivity contribution < 1.29 is 9.53 Å². The molecule has 1 N–H and O–H groups in total. The van der Waals surface area contributed by atoms with Gasteiger partial charge in [-0.2, -0.15) is 0 Å². The standard InChI is InChI=1S/C9H18N2O2/c1-4-13-9(12)11-5-7(2)10-8(3)6-11/h7-8,10H,4-6H2,1-3H3. The molecule has 2 unspecified atom stereocenters. The summed E-state index contributed by atoms with van der Waals surface area (Å²) in [6.07, 6.45) is -0.192. The molecule has 4 nitrogen and oxygen atoms in total. The summed E-state index contributed by atoms with van der Waals surface area (Å²) in [5.41, 5.74) is 0. The second kappa shape index (κ2) is 4.46. The maximum atomic E-state index is 11.4. The SMILES string of the molecule is CCOC(=O)N1CC(C)NC(C)C1. The Balaban J connectivity index is 2.45. The van der Waals surface area contributed by atoms with Crippen molar-refractivity contribution in [2.75, 3.05) is 19.7 Å². The average Bonchev–Trinajstić information content (AvgIpc) is 2.03.